The highest BCUT2D eigenvalue weighted by atomic mass is 16.5. The standard InChI is InChI=1S/C20H19N5O2/c1-14-18(8-4-10-22-14)27-19-13-21-12-16(24-19)17-7-5-11-25(17)20(26)15-6-2-3-9-23-15/h2-4,6,8-10,12-13,17H,5,7,11H2,1H3. The predicted molar refractivity (Wildman–Crippen MR) is 98.3 cm³/mol. The fourth-order valence-electron chi connectivity index (χ4n) is 3.22. The van der Waals surface area contributed by atoms with Crippen LogP contribution < -0.4 is 4.74 Å². The quantitative estimate of drug-likeness (QED) is 0.709. The Morgan fingerprint density at radius 2 is 2.04 bits per heavy atom. The average Bonchev–Trinajstić information content (AvgIpc) is 3.20. The Labute approximate surface area is 157 Å². The second-order valence-electron chi connectivity index (χ2n) is 6.34. The van der Waals surface area contributed by atoms with Crippen molar-refractivity contribution in [2.75, 3.05) is 6.54 Å². The van der Waals surface area contributed by atoms with Crippen LogP contribution in [0, 0.1) is 6.92 Å². The predicted octanol–water partition coefficient (Wildman–Crippen LogP) is 3.34. The van der Waals surface area contributed by atoms with Crippen molar-refractivity contribution >= 4 is 5.91 Å². The number of ether oxygens (including phenoxy) is 1. The summed E-state index contributed by atoms with van der Waals surface area (Å²) in [4.78, 5) is 31.9. The molecule has 0 saturated carbocycles. The van der Waals surface area contributed by atoms with E-state index < -0.39 is 0 Å². The van der Waals surface area contributed by atoms with Gasteiger partial charge in [0, 0.05) is 18.9 Å². The molecule has 0 aromatic carbocycles. The first-order chi connectivity index (χ1) is 13.2. The lowest BCUT2D eigenvalue weighted by molar-refractivity contribution is 0.0726. The molecule has 4 rings (SSSR count). The Morgan fingerprint density at radius 1 is 1.15 bits per heavy atom. The molecule has 3 aromatic heterocycles. The number of carbonyl (C=O) groups is 1. The van der Waals surface area contributed by atoms with Crippen molar-refractivity contribution in [1.82, 2.24) is 24.8 Å². The van der Waals surface area contributed by atoms with Crippen molar-refractivity contribution in [2.45, 2.75) is 25.8 Å². The lowest BCUT2D eigenvalue weighted by atomic mass is 10.1. The number of carbonyl (C=O) groups excluding carboxylic acids is 1. The Balaban J connectivity index is 1.57. The molecule has 1 amide bonds. The van der Waals surface area contributed by atoms with Crippen molar-refractivity contribution in [3.8, 4) is 11.6 Å². The number of hydrogen-bond acceptors (Lipinski definition) is 6. The molecule has 1 fully saturated rings. The lowest BCUT2D eigenvalue weighted by Crippen LogP contribution is -2.31. The number of likely N-dealkylation sites (tertiary alicyclic amines) is 1. The van der Waals surface area contributed by atoms with Gasteiger partial charge >= 0.3 is 0 Å². The number of aromatic nitrogens is 4. The smallest absolute Gasteiger partial charge is 0.273 e. The average molecular weight is 361 g/mol. The van der Waals surface area contributed by atoms with Crippen LogP contribution in [0.4, 0.5) is 0 Å². The summed E-state index contributed by atoms with van der Waals surface area (Å²) in [6.45, 7) is 2.55. The fraction of sp³-hybridized carbons (Fsp3) is 0.250. The van der Waals surface area contributed by atoms with E-state index in [-0.39, 0.29) is 11.9 Å². The molecule has 0 aliphatic carbocycles. The van der Waals surface area contributed by atoms with Crippen molar-refractivity contribution in [2.24, 2.45) is 0 Å². The molecule has 1 aliphatic heterocycles. The molecular weight excluding hydrogens is 342 g/mol. The van der Waals surface area contributed by atoms with Crippen LogP contribution in [0.2, 0.25) is 0 Å². The van der Waals surface area contributed by atoms with E-state index in [1.807, 2.05) is 30.0 Å². The highest BCUT2D eigenvalue weighted by Gasteiger charge is 2.32. The molecule has 1 unspecified atom stereocenters. The van der Waals surface area contributed by atoms with Crippen LogP contribution in [0.25, 0.3) is 0 Å². The fourth-order valence-corrected chi connectivity index (χ4v) is 3.22. The minimum Gasteiger partial charge on any atom is -0.436 e. The third-order valence-electron chi connectivity index (χ3n) is 4.54. The molecule has 0 N–H and O–H groups in total. The Morgan fingerprint density at radius 3 is 2.85 bits per heavy atom. The Hall–Kier alpha value is -3.35. The van der Waals surface area contributed by atoms with Crippen LogP contribution in [0.1, 0.15) is 40.8 Å². The summed E-state index contributed by atoms with van der Waals surface area (Å²) in [5.41, 5.74) is 1.93. The normalized spacial score (nSPS) is 16.3. The number of aryl methyl sites for hydroxylation is 1. The molecule has 0 bridgehead atoms. The maximum atomic E-state index is 12.8. The van der Waals surface area contributed by atoms with Gasteiger partial charge in [0.05, 0.1) is 29.8 Å². The molecule has 1 saturated heterocycles. The van der Waals surface area contributed by atoms with Crippen LogP contribution in [0.15, 0.2) is 55.1 Å². The van der Waals surface area contributed by atoms with E-state index in [1.165, 1.54) is 0 Å². The maximum absolute atomic E-state index is 12.8. The van der Waals surface area contributed by atoms with Gasteiger partial charge in [0.1, 0.15) is 5.69 Å². The molecule has 136 valence electrons. The summed E-state index contributed by atoms with van der Waals surface area (Å²) >= 11 is 0. The number of hydrogen-bond donors (Lipinski definition) is 0. The van der Waals surface area contributed by atoms with E-state index in [9.17, 15) is 4.79 Å². The second kappa shape index (κ2) is 7.49. The van der Waals surface area contributed by atoms with Crippen molar-refractivity contribution in [1.29, 1.82) is 0 Å². The number of amides is 1. The SMILES string of the molecule is Cc1ncccc1Oc1cncc(C2CCCN2C(=O)c2ccccn2)n1. The van der Waals surface area contributed by atoms with Gasteiger partial charge in [-0.15, -0.1) is 0 Å². The van der Waals surface area contributed by atoms with Crippen LogP contribution >= 0.6 is 0 Å². The lowest BCUT2D eigenvalue weighted by Gasteiger charge is -2.24. The summed E-state index contributed by atoms with van der Waals surface area (Å²) in [5.74, 6) is 0.937. The van der Waals surface area contributed by atoms with Gasteiger partial charge < -0.3 is 9.64 Å². The summed E-state index contributed by atoms with van der Waals surface area (Å²) in [5, 5.41) is 0. The highest BCUT2D eigenvalue weighted by Crippen LogP contribution is 2.32. The monoisotopic (exact) mass is 361 g/mol. The number of nitrogens with zero attached hydrogens (tertiary/aromatic N) is 5. The minimum absolute atomic E-state index is 0.0886. The highest BCUT2D eigenvalue weighted by molar-refractivity contribution is 5.92. The van der Waals surface area contributed by atoms with Crippen molar-refractivity contribution < 1.29 is 9.53 Å². The van der Waals surface area contributed by atoms with E-state index >= 15 is 0 Å². The molecule has 4 heterocycles. The van der Waals surface area contributed by atoms with Gasteiger partial charge in [-0.05, 0) is 44.0 Å². The molecule has 0 spiro atoms. The molecule has 1 aliphatic rings. The van der Waals surface area contributed by atoms with E-state index in [0.717, 1.165) is 24.2 Å². The van der Waals surface area contributed by atoms with Gasteiger partial charge in [0.25, 0.3) is 5.91 Å². The van der Waals surface area contributed by atoms with Gasteiger partial charge in [0.2, 0.25) is 5.88 Å². The minimum atomic E-state index is -0.134. The van der Waals surface area contributed by atoms with E-state index in [2.05, 4.69) is 19.9 Å². The van der Waals surface area contributed by atoms with Crippen molar-refractivity contribution in [3.63, 3.8) is 0 Å². The summed E-state index contributed by atoms with van der Waals surface area (Å²) in [7, 11) is 0. The van der Waals surface area contributed by atoms with E-state index in [1.54, 1.807) is 36.9 Å². The molecular formula is C20H19N5O2. The summed E-state index contributed by atoms with van der Waals surface area (Å²) < 4.78 is 5.84. The molecule has 7 heteroatoms. The molecule has 0 radical (unpaired) electrons. The van der Waals surface area contributed by atoms with E-state index in [0.29, 0.717) is 23.9 Å². The topological polar surface area (TPSA) is 81.1 Å². The van der Waals surface area contributed by atoms with Gasteiger partial charge in [-0.2, -0.15) is 0 Å². The second-order valence-corrected chi connectivity index (χ2v) is 6.34. The molecule has 3 aromatic rings. The van der Waals surface area contributed by atoms with Crippen LogP contribution in [0.3, 0.4) is 0 Å². The van der Waals surface area contributed by atoms with Gasteiger partial charge in [0.15, 0.2) is 5.75 Å². The molecule has 27 heavy (non-hydrogen) atoms. The van der Waals surface area contributed by atoms with Gasteiger partial charge in [-0.3, -0.25) is 19.7 Å². The Kier molecular flexibility index (Phi) is 4.74. The summed E-state index contributed by atoms with van der Waals surface area (Å²) in [6.07, 6.45) is 8.35. The van der Waals surface area contributed by atoms with Gasteiger partial charge in [-0.25, -0.2) is 4.98 Å². The third kappa shape index (κ3) is 3.62. The van der Waals surface area contributed by atoms with Crippen LogP contribution in [-0.2, 0) is 0 Å². The largest absolute Gasteiger partial charge is 0.436 e. The summed E-state index contributed by atoms with van der Waals surface area (Å²) in [6, 6.07) is 8.85. The van der Waals surface area contributed by atoms with Gasteiger partial charge in [-0.1, -0.05) is 6.07 Å². The van der Waals surface area contributed by atoms with Crippen LogP contribution in [-0.4, -0.2) is 37.3 Å². The third-order valence-corrected chi connectivity index (χ3v) is 4.54. The first-order valence-corrected chi connectivity index (χ1v) is 8.86. The first kappa shape index (κ1) is 17.1. The number of rotatable bonds is 4. The Bertz CT molecular complexity index is 948. The van der Waals surface area contributed by atoms with E-state index in [4.69, 9.17) is 4.74 Å². The zero-order valence-electron chi connectivity index (χ0n) is 14.9. The van der Waals surface area contributed by atoms with Crippen LogP contribution in [0.5, 0.6) is 11.6 Å². The molecule has 1 atom stereocenters. The molecule has 7 nitrogen and oxygen atoms in total. The van der Waals surface area contributed by atoms with Crippen molar-refractivity contribution in [3.05, 3.63) is 72.2 Å². The zero-order valence-corrected chi connectivity index (χ0v) is 14.9. The zero-order chi connectivity index (χ0) is 18.6. The number of pyridine rings is 2. The maximum Gasteiger partial charge on any atom is 0.273 e. The first-order valence-electron chi connectivity index (χ1n) is 8.86.